The summed E-state index contributed by atoms with van der Waals surface area (Å²) < 4.78 is 30.5. The van der Waals surface area contributed by atoms with E-state index < -0.39 is 22.0 Å². The van der Waals surface area contributed by atoms with Crippen LogP contribution in [-0.2, 0) is 19.6 Å². The average Bonchev–Trinajstić information content (AvgIpc) is 2.42. The van der Waals surface area contributed by atoms with E-state index in [1.54, 1.807) is 19.1 Å². The summed E-state index contributed by atoms with van der Waals surface area (Å²) in [6.45, 7) is 1.73. The number of sulfonamides is 1. The molecule has 1 rings (SSSR count). The third kappa shape index (κ3) is 4.65. The number of hydrogen-bond acceptors (Lipinski definition) is 5. The minimum Gasteiger partial charge on any atom is -0.370 e. The number of hydrogen-bond donors (Lipinski definition) is 2. The van der Waals surface area contributed by atoms with Crippen LogP contribution in [0.1, 0.15) is 5.56 Å². The first kappa shape index (κ1) is 20.8. The second-order valence-electron chi connectivity index (χ2n) is 4.72. The molecular formula is C13H22ClN3O4S. The van der Waals surface area contributed by atoms with Gasteiger partial charge in [0.05, 0.1) is 4.90 Å². The fourth-order valence-corrected chi connectivity index (χ4v) is 2.83. The molecular weight excluding hydrogens is 330 g/mol. The van der Waals surface area contributed by atoms with E-state index in [1.165, 1.54) is 27.3 Å². The van der Waals surface area contributed by atoms with E-state index in [-0.39, 0.29) is 23.8 Å². The molecule has 1 amide bonds. The molecule has 0 aliphatic heterocycles. The van der Waals surface area contributed by atoms with Crippen molar-refractivity contribution in [3.05, 3.63) is 23.8 Å². The van der Waals surface area contributed by atoms with Crippen LogP contribution in [0.25, 0.3) is 0 Å². The number of amides is 1. The Morgan fingerprint density at radius 1 is 1.41 bits per heavy atom. The zero-order chi connectivity index (χ0) is 16.2. The molecule has 0 heterocycles. The number of aryl methyl sites for hydroxylation is 1. The van der Waals surface area contributed by atoms with Gasteiger partial charge in [-0.05, 0) is 24.6 Å². The molecule has 0 bridgehead atoms. The Labute approximate surface area is 137 Å². The lowest BCUT2D eigenvalue weighted by atomic mass is 10.2. The molecule has 1 aromatic carbocycles. The van der Waals surface area contributed by atoms with Gasteiger partial charge >= 0.3 is 0 Å². The molecule has 22 heavy (non-hydrogen) atoms. The van der Waals surface area contributed by atoms with Crippen molar-refractivity contribution >= 4 is 34.0 Å². The van der Waals surface area contributed by atoms with Gasteiger partial charge in [-0.1, -0.05) is 6.07 Å². The van der Waals surface area contributed by atoms with E-state index in [9.17, 15) is 13.2 Å². The van der Waals surface area contributed by atoms with Gasteiger partial charge in [0.15, 0.2) is 0 Å². The van der Waals surface area contributed by atoms with Gasteiger partial charge in [-0.2, -0.15) is 0 Å². The highest BCUT2D eigenvalue weighted by Gasteiger charge is 2.21. The fraction of sp³-hybridized carbons (Fsp3) is 0.462. The minimum absolute atomic E-state index is 0. The Balaban J connectivity index is 0.00000441. The third-order valence-electron chi connectivity index (χ3n) is 3.01. The molecule has 0 spiro atoms. The number of nitrogens with one attached hydrogen (secondary N) is 1. The molecule has 0 aliphatic rings. The van der Waals surface area contributed by atoms with E-state index in [4.69, 9.17) is 10.5 Å². The highest BCUT2D eigenvalue weighted by Crippen LogP contribution is 2.22. The normalized spacial score (nSPS) is 12.6. The first-order chi connectivity index (χ1) is 9.73. The van der Waals surface area contributed by atoms with Crippen molar-refractivity contribution in [1.29, 1.82) is 0 Å². The van der Waals surface area contributed by atoms with Gasteiger partial charge < -0.3 is 15.8 Å². The summed E-state index contributed by atoms with van der Waals surface area (Å²) in [4.78, 5) is 12.0. The minimum atomic E-state index is -3.57. The monoisotopic (exact) mass is 351 g/mol. The molecule has 0 fully saturated rings. The van der Waals surface area contributed by atoms with E-state index >= 15 is 0 Å². The third-order valence-corrected chi connectivity index (χ3v) is 4.96. The molecule has 9 heteroatoms. The van der Waals surface area contributed by atoms with Crippen LogP contribution < -0.4 is 11.1 Å². The van der Waals surface area contributed by atoms with E-state index in [0.717, 1.165) is 4.31 Å². The summed E-state index contributed by atoms with van der Waals surface area (Å²) in [5, 5.41) is 2.60. The molecule has 1 aromatic rings. The molecule has 3 N–H and O–H groups in total. The molecule has 0 saturated heterocycles. The number of carbonyl (C=O) groups excluding carboxylic acids is 1. The second kappa shape index (κ2) is 8.44. The van der Waals surface area contributed by atoms with Crippen LogP contribution in [0.15, 0.2) is 23.1 Å². The van der Waals surface area contributed by atoms with Gasteiger partial charge in [0.2, 0.25) is 10.0 Å². The molecule has 126 valence electrons. The van der Waals surface area contributed by atoms with Gasteiger partial charge in [-0.25, -0.2) is 12.7 Å². The number of anilines is 1. The molecule has 7 nitrogen and oxygen atoms in total. The predicted molar refractivity (Wildman–Crippen MR) is 87.8 cm³/mol. The lowest BCUT2D eigenvalue weighted by Gasteiger charge is -2.16. The number of halogens is 1. The Bertz CT molecular complexity index is 616. The summed E-state index contributed by atoms with van der Waals surface area (Å²) in [6.07, 6.45) is -0.778. The predicted octanol–water partition coefficient (Wildman–Crippen LogP) is 0.579. The number of methoxy groups -OCH3 is 1. The maximum atomic E-state index is 12.2. The molecule has 1 atom stereocenters. The van der Waals surface area contributed by atoms with Gasteiger partial charge in [-0.15, -0.1) is 12.4 Å². The van der Waals surface area contributed by atoms with Gasteiger partial charge in [0, 0.05) is 33.4 Å². The smallest absolute Gasteiger partial charge is 0.254 e. The molecule has 0 saturated carbocycles. The molecule has 0 aromatic heterocycles. The summed E-state index contributed by atoms with van der Waals surface area (Å²) in [6, 6.07) is 4.69. The first-order valence-corrected chi connectivity index (χ1v) is 7.75. The summed E-state index contributed by atoms with van der Waals surface area (Å²) in [7, 11) is 0.720. The number of carbonyl (C=O) groups is 1. The van der Waals surface area contributed by atoms with E-state index in [1.807, 2.05) is 0 Å². The number of nitrogens with two attached hydrogens (primary N) is 1. The van der Waals surface area contributed by atoms with Crippen LogP contribution in [0.5, 0.6) is 0 Å². The zero-order valence-corrected chi connectivity index (χ0v) is 14.6. The Hall–Kier alpha value is -1.19. The Morgan fingerprint density at radius 2 is 2.00 bits per heavy atom. The molecule has 1 unspecified atom stereocenters. The topological polar surface area (TPSA) is 102 Å². The second-order valence-corrected chi connectivity index (χ2v) is 6.84. The maximum Gasteiger partial charge on any atom is 0.254 e. The lowest BCUT2D eigenvalue weighted by Crippen LogP contribution is -2.36. The summed E-state index contributed by atoms with van der Waals surface area (Å²) in [5.41, 5.74) is 6.39. The van der Waals surface area contributed by atoms with Crippen LogP contribution in [0.4, 0.5) is 5.69 Å². The summed E-state index contributed by atoms with van der Waals surface area (Å²) in [5.74, 6) is -0.419. The highest BCUT2D eigenvalue weighted by molar-refractivity contribution is 7.89. The van der Waals surface area contributed by atoms with E-state index in [2.05, 4.69) is 5.32 Å². The molecule has 0 aliphatic carbocycles. The number of benzene rings is 1. The standard InChI is InChI=1S/C13H21N3O4S.ClH/c1-9-5-6-10(15-13(17)11(8-14)20-4)7-12(9)21(18,19)16(2)3;/h5-7,11H,8,14H2,1-4H3,(H,15,17);1H. The highest BCUT2D eigenvalue weighted by atomic mass is 35.5. The number of ether oxygens (including phenoxy) is 1. The SMILES string of the molecule is COC(CN)C(=O)Nc1ccc(C)c(S(=O)(=O)N(C)C)c1.Cl. The van der Waals surface area contributed by atoms with Crippen molar-refractivity contribution in [3.63, 3.8) is 0 Å². The lowest BCUT2D eigenvalue weighted by molar-refractivity contribution is -0.125. The largest absolute Gasteiger partial charge is 0.370 e. The van der Waals surface area contributed by atoms with Crippen molar-refractivity contribution in [1.82, 2.24) is 4.31 Å². The van der Waals surface area contributed by atoms with Crippen molar-refractivity contribution in [3.8, 4) is 0 Å². The van der Waals surface area contributed by atoms with Gasteiger partial charge in [0.1, 0.15) is 6.10 Å². The van der Waals surface area contributed by atoms with Crippen molar-refractivity contribution < 1.29 is 17.9 Å². The summed E-state index contributed by atoms with van der Waals surface area (Å²) >= 11 is 0. The van der Waals surface area contributed by atoms with Crippen LogP contribution in [-0.4, -0.2) is 52.5 Å². The Morgan fingerprint density at radius 3 is 2.45 bits per heavy atom. The maximum absolute atomic E-state index is 12.2. The van der Waals surface area contributed by atoms with Crippen LogP contribution in [0.3, 0.4) is 0 Å². The van der Waals surface area contributed by atoms with Gasteiger partial charge in [0.25, 0.3) is 5.91 Å². The van der Waals surface area contributed by atoms with Crippen molar-refractivity contribution in [2.75, 3.05) is 33.1 Å². The van der Waals surface area contributed by atoms with Crippen molar-refractivity contribution in [2.45, 2.75) is 17.9 Å². The van der Waals surface area contributed by atoms with Crippen molar-refractivity contribution in [2.24, 2.45) is 5.73 Å². The average molecular weight is 352 g/mol. The quantitative estimate of drug-likeness (QED) is 0.780. The number of nitrogens with zero attached hydrogens (tertiary/aromatic N) is 1. The zero-order valence-electron chi connectivity index (χ0n) is 13.0. The number of rotatable bonds is 6. The van der Waals surface area contributed by atoms with Crippen LogP contribution >= 0.6 is 12.4 Å². The van der Waals surface area contributed by atoms with Crippen LogP contribution in [0, 0.1) is 6.92 Å². The van der Waals surface area contributed by atoms with E-state index in [0.29, 0.717) is 11.3 Å². The van der Waals surface area contributed by atoms with Crippen LogP contribution in [0.2, 0.25) is 0 Å². The Kier molecular flexibility index (Phi) is 7.99. The van der Waals surface area contributed by atoms with Gasteiger partial charge in [-0.3, -0.25) is 4.79 Å². The first-order valence-electron chi connectivity index (χ1n) is 6.31. The molecule has 0 radical (unpaired) electrons. The fourth-order valence-electron chi connectivity index (χ4n) is 1.69.